The van der Waals surface area contributed by atoms with Crippen LogP contribution in [-0.4, -0.2) is 31.6 Å². The molecule has 0 aliphatic heterocycles. The van der Waals surface area contributed by atoms with Crippen LogP contribution in [0.15, 0.2) is 0 Å². The molecule has 1 heterocycles. The Hall–Kier alpha value is -0.490. The van der Waals surface area contributed by atoms with Gasteiger partial charge in [0.1, 0.15) is 5.82 Å². The molecule has 2 unspecified atom stereocenters. The van der Waals surface area contributed by atoms with Gasteiger partial charge in [-0.2, -0.15) is 4.37 Å². The van der Waals surface area contributed by atoms with Gasteiger partial charge in [-0.25, -0.2) is 4.98 Å². The van der Waals surface area contributed by atoms with Crippen LogP contribution in [0.25, 0.3) is 0 Å². The number of nitrogens with zero attached hydrogens (tertiary/aromatic N) is 2. The summed E-state index contributed by atoms with van der Waals surface area (Å²) in [6.07, 6.45) is 2.56. The molecule has 0 aliphatic rings. The average Bonchev–Trinajstić information content (AvgIpc) is 2.50. The van der Waals surface area contributed by atoms with E-state index >= 15 is 0 Å². The number of nitrogens with one attached hydrogen (secondary N) is 1. The number of hydrogen-bond acceptors (Lipinski definition) is 5. The Morgan fingerprint density at radius 3 is 2.86 bits per heavy atom. The third-order valence-electron chi connectivity index (χ3n) is 1.64. The van der Waals surface area contributed by atoms with Crippen molar-refractivity contribution in [1.29, 1.82) is 0 Å². The van der Waals surface area contributed by atoms with E-state index in [0.29, 0.717) is 5.75 Å². The van der Waals surface area contributed by atoms with Gasteiger partial charge in [0.15, 0.2) is 0 Å². The Morgan fingerprint density at radius 1 is 1.64 bits per heavy atom. The van der Waals surface area contributed by atoms with Crippen molar-refractivity contribution in [3.05, 3.63) is 5.82 Å². The van der Waals surface area contributed by atoms with Crippen molar-refractivity contribution in [1.82, 2.24) is 9.36 Å². The van der Waals surface area contributed by atoms with Crippen molar-refractivity contribution < 1.29 is 4.21 Å². The number of rotatable bonds is 5. The van der Waals surface area contributed by atoms with Crippen LogP contribution in [0.5, 0.6) is 0 Å². The number of aryl methyl sites for hydroxylation is 1. The highest BCUT2D eigenvalue weighted by atomic mass is 32.2. The summed E-state index contributed by atoms with van der Waals surface area (Å²) >= 11 is 1.36. The Balaban J connectivity index is 2.47. The lowest BCUT2D eigenvalue weighted by Gasteiger charge is -2.09. The van der Waals surface area contributed by atoms with Gasteiger partial charge >= 0.3 is 0 Å². The van der Waals surface area contributed by atoms with Crippen LogP contribution in [0.4, 0.5) is 5.13 Å². The quantitative estimate of drug-likeness (QED) is 0.832. The summed E-state index contributed by atoms with van der Waals surface area (Å²) in [4.78, 5) is 4.27. The highest BCUT2D eigenvalue weighted by Gasteiger charge is 2.07. The van der Waals surface area contributed by atoms with Crippen molar-refractivity contribution in [3.8, 4) is 0 Å². The van der Waals surface area contributed by atoms with E-state index in [0.717, 1.165) is 17.4 Å². The van der Waals surface area contributed by atoms with E-state index in [4.69, 9.17) is 0 Å². The Labute approximate surface area is 90.8 Å². The molecule has 0 saturated carbocycles. The molecule has 1 N–H and O–H groups in total. The van der Waals surface area contributed by atoms with E-state index in [9.17, 15) is 4.21 Å². The topological polar surface area (TPSA) is 54.9 Å². The molecule has 0 saturated heterocycles. The number of aromatic nitrogens is 2. The van der Waals surface area contributed by atoms with E-state index in [-0.39, 0.29) is 6.04 Å². The Kier molecular flexibility index (Phi) is 4.47. The number of anilines is 1. The summed E-state index contributed by atoms with van der Waals surface area (Å²) in [5.41, 5.74) is 0. The predicted octanol–water partition coefficient (Wildman–Crippen LogP) is 1.28. The highest BCUT2D eigenvalue weighted by molar-refractivity contribution is 7.84. The molecule has 0 aliphatic carbocycles. The van der Waals surface area contributed by atoms with E-state index in [1.54, 1.807) is 6.26 Å². The van der Waals surface area contributed by atoms with E-state index < -0.39 is 10.8 Å². The molecule has 0 bridgehead atoms. The fraction of sp³-hybridized carbons (Fsp3) is 0.750. The first kappa shape index (κ1) is 11.6. The minimum atomic E-state index is -0.770. The van der Waals surface area contributed by atoms with Crippen molar-refractivity contribution in [2.45, 2.75) is 26.3 Å². The zero-order valence-electron chi connectivity index (χ0n) is 8.61. The summed E-state index contributed by atoms with van der Waals surface area (Å²) in [5, 5.41) is 4.00. The molecule has 0 fully saturated rings. The van der Waals surface area contributed by atoms with E-state index in [2.05, 4.69) is 14.7 Å². The van der Waals surface area contributed by atoms with Crippen molar-refractivity contribution >= 4 is 27.5 Å². The molecule has 1 aromatic rings. The molecular weight excluding hydrogens is 218 g/mol. The molecule has 1 rings (SSSR count). The van der Waals surface area contributed by atoms with Crippen LogP contribution >= 0.6 is 11.5 Å². The smallest absolute Gasteiger partial charge is 0.202 e. The molecule has 1 aromatic heterocycles. The second-order valence-electron chi connectivity index (χ2n) is 3.15. The molecule has 14 heavy (non-hydrogen) atoms. The summed E-state index contributed by atoms with van der Waals surface area (Å²) < 4.78 is 15.1. The Morgan fingerprint density at radius 2 is 2.36 bits per heavy atom. The monoisotopic (exact) mass is 233 g/mol. The van der Waals surface area contributed by atoms with Gasteiger partial charge in [0.2, 0.25) is 5.13 Å². The van der Waals surface area contributed by atoms with Gasteiger partial charge in [-0.1, -0.05) is 6.92 Å². The first-order valence-electron chi connectivity index (χ1n) is 4.51. The maximum absolute atomic E-state index is 10.9. The minimum absolute atomic E-state index is 0.179. The molecule has 0 radical (unpaired) electrons. The van der Waals surface area contributed by atoms with Crippen LogP contribution in [0.3, 0.4) is 0 Å². The predicted molar refractivity (Wildman–Crippen MR) is 61.3 cm³/mol. The molecule has 0 amide bonds. The van der Waals surface area contributed by atoms with E-state index in [1.807, 2.05) is 13.8 Å². The second-order valence-corrected chi connectivity index (χ2v) is 5.39. The molecular formula is C8H15N3OS2. The summed E-state index contributed by atoms with van der Waals surface area (Å²) in [6.45, 7) is 4.02. The van der Waals surface area contributed by atoms with Crippen molar-refractivity contribution in [3.63, 3.8) is 0 Å². The van der Waals surface area contributed by atoms with Crippen LogP contribution in [0, 0.1) is 0 Å². The first-order chi connectivity index (χ1) is 6.61. The Bertz CT molecular complexity index is 313. The van der Waals surface area contributed by atoms with Gasteiger partial charge in [0, 0.05) is 46.8 Å². The fourth-order valence-corrected chi connectivity index (χ4v) is 2.61. The molecule has 0 aromatic carbocycles. The standard InChI is InChI=1S/C8H15N3OS2/c1-4-7-10-8(13-11-7)9-6(2)5-14(3)12/h6H,4-5H2,1-3H3,(H,9,10,11). The van der Waals surface area contributed by atoms with Gasteiger partial charge in [0.25, 0.3) is 0 Å². The highest BCUT2D eigenvalue weighted by Crippen LogP contribution is 2.12. The van der Waals surface area contributed by atoms with Gasteiger partial charge in [-0.3, -0.25) is 4.21 Å². The molecule has 6 heteroatoms. The van der Waals surface area contributed by atoms with Gasteiger partial charge in [-0.15, -0.1) is 0 Å². The maximum Gasteiger partial charge on any atom is 0.202 e. The lowest BCUT2D eigenvalue weighted by atomic mass is 10.4. The van der Waals surface area contributed by atoms with E-state index in [1.165, 1.54) is 11.5 Å². The SMILES string of the molecule is CCc1nsc(NC(C)CS(C)=O)n1. The summed E-state index contributed by atoms with van der Waals surface area (Å²) in [6, 6.07) is 0.179. The third kappa shape index (κ3) is 3.71. The minimum Gasteiger partial charge on any atom is -0.357 e. The normalized spacial score (nSPS) is 15.1. The molecule has 0 spiro atoms. The zero-order chi connectivity index (χ0) is 10.6. The van der Waals surface area contributed by atoms with Gasteiger partial charge in [-0.05, 0) is 6.92 Å². The molecule has 80 valence electrons. The lowest BCUT2D eigenvalue weighted by molar-refractivity contribution is 0.683. The van der Waals surface area contributed by atoms with Gasteiger partial charge in [0.05, 0.1) is 0 Å². The molecule has 4 nitrogen and oxygen atoms in total. The van der Waals surface area contributed by atoms with Crippen molar-refractivity contribution in [2.75, 3.05) is 17.3 Å². The fourth-order valence-electron chi connectivity index (χ4n) is 1.06. The molecule has 2 atom stereocenters. The maximum atomic E-state index is 10.9. The largest absolute Gasteiger partial charge is 0.357 e. The van der Waals surface area contributed by atoms with Gasteiger partial charge < -0.3 is 5.32 Å². The van der Waals surface area contributed by atoms with Crippen LogP contribution in [-0.2, 0) is 17.2 Å². The zero-order valence-corrected chi connectivity index (χ0v) is 10.2. The van der Waals surface area contributed by atoms with Crippen LogP contribution in [0.1, 0.15) is 19.7 Å². The van der Waals surface area contributed by atoms with Crippen molar-refractivity contribution in [2.24, 2.45) is 0 Å². The summed E-state index contributed by atoms with van der Waals surface area (Å²) in [5.74, 6) is 1.50. The van der Waals surface area contributed by atoms with Crippen LogP contribution < -0.4 is 5.32 Å². The first-order valence-corrected chi connectivity index (χ1v) is 7.01. The van der Waals surface area contributed by atoms with Crippen LogP contribution in [0.2, 0.25) is 0 Å². The summed E-state index contributed by atoms with van der Waals surface area (Å²) in [7, 11) is -0.770. The third-order valence-corrected chi connectivity index (χ3v) is 3.29. The second kappa shape index (κ2) is 5.41. The number of hydrogen-bond donors (Lipinski definition) is 1. The average molecular weight is 233 g/mol. The lowest BCUT2D eigenvalue weighted by Crippen LogP contribution is -2.22.